The SMILES string of the molecule is CCOC(=O)c1cnc2cc(C)cc(C)n2c1=O. The van der Waals surface area contributed by atoms with E-state index in [0.29, 0.717) is 5.65 Å². The minimum atomic E-state index is -0.635. The van der Waals surface area contributed by atoms with Crippen LogP contribution in [0.3, 0.4) is 0 Å². The standard InChI is InChI=1S/C13H14N2O3/c1-4-18-13(17)10-7-14-11-6-8(2)5-9(3)15(11)12(10)16/h5-7H,4H2,1-3H3. The van der Waals surface area contributed by atoms with Gasteiger partial charge in [-0.15, -0.1) is 0 Å². The van der Waals surface area contributed by atoms with Gasteiger partial charge in [0.25, 0.3) is 5.56 Å². The first kappa shape index (κ1) is 12.3. The van der Waals surface area contributed by atoms with Crippen molar-refractivity contribution in [2.45, 2.75) is 20.8 Å². The van der Waals surface area contributed by atoms with E-state index in [9.17, 15) is 9.59 Å². The van der Waals surface area contributed by atoms with Gasteiger partial charge in [-0.3, -0.25) is 9.20 Å². The highest BCUT2D eigenvalue weighted by Crippen LogP contribution is 2.07. The molecule has 0 amide bonds. The molecule has 2 aromatic heterocycles. The van der Waals surface area contributed by atoms with E-state index in [2.05, 4.69) is 4.98 Å². The monoisotopic (exact) mass is 246 g/mol. The number of fused-ring (bicyclic) bond motifs is 1. The molecule has 0 radical (unpaired) electrons. The maximum absolute atomic E-state index is 12.2. The van der Waals surface area contributed by atoms with Crippen molar-refractivity contribution in [3.05, 3.63) is 45.5 Å². The lowest BCUT2D eigenvalue weighted by molar-refractivity contribution is 0.0523. The van der Waals surface area contributed by atoms with Gasteiger partial charge in [0.1, 0.15) is 11.2 Å². The second-order valence-corrected chi connectivity index (χ2v) is 4.07. The number of hydrogen-bond donors (Lipinski definition) is 0. The molecule has 5 nitrogen and oxygen atoms in total. The van der Waals surface area contributed by atoms with Gasteiger partial charge in [0.15, 0.2) is 0 Å². The molecule has 18 heavy (non-hydrogen) atoms. The topological polar surface area (TPSA) is 60.7 Å². The zero-order valence-corrected chi connectivity index (χ0v) is 10.6. The van der Waals surface area contributed by atoms with E-state index in [-0.39, 0.29) is 12.2 Å². The Bertz CT molecular complexity index is 674. The van der Waals surface area contributed by atoms with Crippen LogP contribution in [0.4, 0.5) is 0 Å². The van der Waals surface area contributed by atoms with Gasteiger partial charge in [0.05, 0.1) is 6.61 Å². The number of hydrogen-bond acceptors (Lipinski definition) is 4. The molecule has 2 aromatic rings. The van der Waals surface area contributed by atoms with Gasteiger partial charge >= 0.3 is 5.97 Å². The molecule has 2 heterocycles. The molecule has 94 valence electrons. The Hall–Kier alpha value is -2.17. The molecule has 0 aliphatic rings. The summed E-state index contributed by atoms with van der Waals surface area (Å²) >= 11 is 0. The van der Waals surface area contributed by atoms with Crippen molar-refractivity contribution in [1.29, 1.82) is 0 Å². The van der Waals surface area contributed by atoms with Crippen molar-refractivity contribution in [2.24, 2.45) is 0 Å². The van der Waals surface area contributed by atoms with Crippen molar-refractivity contribution < 1.29 is 9.53 Å². The molecule has 0 aliphatic carbocycles. The number of nitrogens with zero attached hydrogens (tertiary/aromatic N) is 2. The number of esters is 1. The zero-order valence-electron chi connectivity index (χ0n) is 10.6. The van der Waals surface area contributed by atoms with Crippen LogP contribution in [0, 0.1) is 13.8 Å². The lowest BCUT2D eigenvalue weighted by atomic mass is 10.2. The Kier molecular flexibility index (Phi) is 3.14. The number of carbonyl (C=O) groups excluding carboxylic acids is 1. The predicted octanol–water partition coefficient (Wildman–Crippen LogP) is 1.49. The van der Waals surface area contributed by atoms with Crippen LogP contribution in [0.25, 0.3) is 5.65 Å². The smallest absolute Gasteiger partial charge is 0.345 e. The highest BCUT2D eigenvalue weighted by molar-refractivity contribution is 5.88. The summed E-state index contributed by atoms with van der Waals surface area (Å²) in [4.78, 5) is 27.9. The van der Waals surface area contributed by atoms with Crippen molar-refractivity contribution in [1.82, 2.24) is 9.38 Å². The molecular formula is C13H14N2O3. The summed E-state index contributed by atoms with van der Waals surface area (Å²) in [6, 6.07) is 3.66. The van der Waals surface area contributed by atoms with Gasteiger partial charge in [-0.1, -0.05) is 0 Å². The zero-order chi connectivity index (χ0) is 13.3. The summed E-state index contributed by atoms with van der Waals surface area (Å²) in [5.41, 5.74) is 1.86. The molecule has 0 saturated carbocycles. The number of aryl methyl sites for hydroxylation is 2. The third-order valence-electron chi connectivity index (χ3n) is 2.63. The minimum absolute atomic E-state index is 0.0405. The summed E-state index contributed by atoms with van der Waals surface area (Å²) in [6.45, 7) is 5.66. The molecule has 5 heteroatoms. The number of ether oxygens (including phenoxy) is 1. The van der Waals surface area contributed by atoms with E-state index in [4.69, 9.17) is 4.74 Å². The largest absolute Gasteiger partial charge is 0.462 e. The molecule has 0 unspecified atom stereocenters. The first-order chi connectivity index (χ1) is 8.54. The molecule has 0 saturated heterocycles. The Morgan fingerprint density at radius 2 is 2.11 bits per heavy atom. The van der Waals surface area contributed by atoms with Gasteiger partial charge in [0, 0.05) is 11.9 Å². The van der Waals surface area contributed by atoms with Crippen LogP contribution < -0.4 is 5.56 Å². The highest BCUT2D eigenvalue weighted by Gasteiger charge is 2.15. The average Bonchev–Trinajstić information content (AvgIpc) is 2.28. The molecule has 0 spiro atoms. The van der Waals surface area contributed by atoms with Crippen LogP contribution in [-0.4, -0.2) is 22.0 Å². The highest BCUT2D eigenvalue weighted by atomic mass is 16.5. The third-order valence-corrected chi connectivity index (χ3v) is 2.63. The Morgan fingerprint density at radius 1 is 1.39 bits per heavy atom. The van der Waals surface area contributed by atoms with Crippen molar-refractivity contribution in [2.75, 3.05) is 6.61 Å². The van der Waals surface area contributed by atoms with E-state index < -0.39 is 11.5 Å². The van der Waals surface area contributed by atoms with Gasteiger partial charge in [-0.2, -0.15) is 0 Å². The summed E-state index contributed by atoms with van der Waals surface area (Å²) in [5, 5.41) is 0. The summed E-state index contributed by atoms with van der Waals surface area (Å²) in [6.07, 6.45) is 1.27. The maximum atomic E-state index is 12.2. The first-order valence-electron chi connectivity index (χ1n) is 5.70. The van der Waals surface area contributed by atoms with Crippen LogP contribution in [0.15, 0.2) is 23.1 Å². The lowest BCUT2D eigenvalue weighted by Gasteiger charge is -2.07. The second-order valence-electron chi connectivity index (χ2n) is 4.07. The molecular weight excluding hydrogens is 232 g/mol. The quantitative estimate of drug-likeness (QED) is 0.753. The van der Waals surface area contributed by atoms with Crippen molar-refractivity contribution in [3.63, 3.8) is 0 Å². The van der Waals surface area contributed by atoms with E-state index in [0.717, 1.165) is 11.3 Å². The van der Waals surface area contributed by atoms with Crippen LogP contribution in [-0.2, 0) is 4.74 Å². The minimum Gasteiger partial charge on any atom is -0.462 e. The van der Waals surface area contributed by atoms with Crippen molar-refractivity contribution >= 4 is 11.6 Å². The van der Waals surface area contributed by atoms with E-state index in [1.807, 2.05) is 13.0 Å². The predicted molar refractivity (Wildman–Crippen MR) is 66.9 cm³/mol. The average molecular weight is 246 g/mol. The molecule has 0 aliphatic heterocycles. The van der Waals surface area contributed by atoms with Crippen molar-refractivity contribution in [3.8, 4) is 0 Å². The van der Waals surface area contributed by atoms with Crippen LogP contribution in [0.5, 0.6) is 0 Å². The van der Waals surface area contributed by atoms with Gasteiger partial charge in [0.2, 0.25) is 0 Å². The van der Waals surface area contributed by atoms with E-state index in [1.54, 1.807) is 19.9 Å². The summed E-state index contributed by atoms with van der Waals surface area (Å²) < 4.78 is 6.24. The number of pyridine rings is 1. The van der Waals surface area contributed by atoms with E-state index >= 15 is 0 Å². The van der Waals surface area contributed by atoms with Crippen LogP contribution >= 0.6 is 0 Å². The van der Waals surface area contributed by atoms with Crippen LogP contribution in [0.1, 0.15) is 28.5 Å². The second kappa shape index (κ2) is 4.60. The molecule has 0 atom stereocenters. The Labute approximate surface area is 104 Å². The molecule has 0 fully saturated rings. The Balaban J connectivity index is 2.72. The summed E-state index contributed by atoms with van der Waals surface area (Å²) in [5.74, 6) is -0.635. The van der Waals surface area contributed by atoms with E-state index in [1.165, 1.54) is 10.6 Å². The molecule has 0 aromatic carbocycles. The van der Waals surface area contributed by atoms with Gasteiger partial charge in [-0.25, -0.2) is 9.78 Å². The maximum Gasteiger partial charge on any atom is 0.345 e. The number of rotatable bonds is 2. The lowest BCUT2D eigenvalue weighted by Crippen LogP contribution is -2.25. The van der Waals surface area contributed by atoms with Gasteiger partial charge < -0.3 is 4.74 Å². The van der Waals surface area contributed by atoms with Gasteiger partial charge in [-0.05, 0) is 38.5 Å². The fourth-order valence-corrected chi connectivity index (χ4v) is 1.90. The Morgan fingerprint density at radius 3 is 2.78 bits per heavy atom. The molecule has 0 N–H and O–H groups in total. The summed E-state index contributed by atoms with van der Waals surface area (Å²) in [7, 11) is 0. The molecule has 2 rings (SSSR count). The normalized spacial score (nSPS) is 10.6. The number of carbonyl (C=O) groups is 1. The molecule has 0 bridgehead atoms. The number of aromatic nitrogens is 2. The van der Waals surface area contributed by atoms with Crippen LogP contribution in [0.2, 0.25) is 0 Å². The first-order valence-corrected chi connectivity index (χ1v) is 5.70. The fourth-order valence-electron chi connectivity index (χ4n) is 1.90. The fraction of sp³-hybridized carbons (Fsp3) is 0.308. The third kappa shape index (κ3) is 1.99.